The first-order valence-electron chi connectivity index (χ1n) is 6.07. The molecule has 0 atom stereocenters. The molecule has 1 aromatic carbocycles. The van der Waals surface area contributed by atoms with Crippen LogP contribution in [0.1, 0.15) is 0 Å². The highest BCUT2D eigenvalue weighted by Crippen LogP contribution is 2.40. The second-order valence-electron chi connectivity index (χ2n) is 5.30. The van der Waals surface area contributed by atoms with E-state index in [4.69, 9.17) is 10.1 Å². The molecule has 2 saturated heterocycles. The molecule has 2 fully saturated rings. The maximum atomic E-state index is 8.81. The number of anilines is 1. The van der Waals surface area contributed by atoms with Gasteiger partial charge in [0, 0.05) is 42.2 Å². The van der Waals surface area contributed by atoms with Gasteiger partial charge in [0.15, 0.2) is 7.05 Å². The van der Waals surface area contributed by atoms with E-state index >= 15 is 0 Å². The van der Waals surface area contributed by atoms with E-state index < -0.39 is 4.92 Å². The molecule has 1 aromatic rings. The van der Waals surface area contributed by atoms with Crippen molar-refractivity contribution in [2.24, 2.45) is 5.41 Å². The van der Waals surface area contributed by atoms with Crippen molar-refractivity contribution in [3.63, 3.8) is 0 Å². The molecule has 18 heavy (non-hydrogen) atoms. The van der Waals surface area contributed by atoms with Crippen LogP contribution in [0.4, 0.5) is 5.69 Å². The highest BCUT2D eigenvalue weighted by Gasteiger charge is 2.50. The zero-order chi connectivity index (χ0) is 13.2. The molecule has 3 rings (SSSR count). The number of benzene rings is 1. The van der Waals surface area contributed by atoms with E-state index in [1.165, 1.54) is 31.9 Å². The topological polar surface area (TPSA) is 49.6 Å². The summed E-state index contributed by atoms with van der Waals surface area (Å²) in [7, 11) is 3.09. The van der Waals surface area contributed by atoms with Gasteiger partial charge in [0.25, 0.3) is 0 Å². The van der Waals surface area contributed by atoms with Gasteiger partial charge in [0.2, 0.25) is 0 Å². The van der Waals surface area contributed by atoms with Gasteiger partial charge in [-0.15, -0.1) is 0 Å². The SMILES string of the molecule is CN1CC2(C1)CN(c1ccccc1)C2.C[N+](=O)[O-]. The van der Waals surface area contributed by atoms with Crippen molar-refractivity contribution in [1.82, 2.24) is 4.90 Å². The third-order valence-corrected chi connectivity index (χ3v) is 3.38. The average Bonchev–Trinajstić information content (AvgIpc) is 2.22. The van der Waals surface area contributed by atoms with Gasteiger partial charge in [0.05, 0.1) is 0 Å². The van der Waals surface area contributed by atoms with Crippen LogP contribution in [0.2, 0.25) is 0 Å². The fourth-order valence-electron chi connectivity index (χ4n) is 2.88. The summed E-state index contributed by atoms with van der Waals surface area (Å²) in [6, 6.07) is 10.7. The van der Waals surface area contributed by atoms with Crippen LogP contribution in [-0.2, 0) is 0 Å². The molecule has 0 aliphatic carbocycles. The number of hydrogen-bond donors (Lipinski definition) is 0. The third-order valence-electron chi connectivity index (χ3n) is 3.38. The molecular weight excluding hydrogens is 230 g/mol. The van der Waals surface area contributed by atoms with E-state index in [1.807, 2.05) is 0 Å². The molecule has 0 unspecified atom stereocenters. The Kier molecular flexibility index (Phi) is 3.52. The Morgan fingerprint density at radius 3 is 2.11 bits per heavy atom. The number of rotatable bonds is 1. The smallest absolute Gasteiger partial charge is 0.194 e. The maximum absolute atomic E-state index is 8.81. The summed E-state index contributed by atoms with van der Waals surface area (Å²) in [4.78, 5) is 13.2. The van der Waals surface area contributed by atoms with E-state index in [0.29, 0.717) is 5.41 Å². The summed E-state index contributed by atoms with van der Waals surface area (Å²) in [5.41, 5.74) is 2.03. The molecule has 0 aromatic heterocycles. The predicted molar refractivity (Wildman–Crippen MR) is 71.5 cm³/mol. The van der Waals surface area contributed by atoms with Gasteiger partial charge in [-0.25, -0.2) is 0 Å². The van der Waals surface area contributed by atoms with Crippen LogP contribution in [0.3, 0.4) is 0 Å². The van der Waals surface area contributed by atoms with Crippen LogP contribution < -0.4 is 4.90 Å². The number of nitro groups is 1. The van der Waals surface area contributed by atoms with Gasteiger partial charge in [-0.1, -0.05) is 18.2 Å². The van der Waals surface area contributed by atoms with E-state index in [0.717, 1.165) is 7.05 Å². The van der Waals surface area contributed by atoms with Gasteiger partial charge in [-0.3, -0.25) is 10.1 Å². The minimum Gasteiger partial charge on any atom is -0.370 e. The van der Waals surface area contributed by atoms with Crippen molar-refractivity contribution in [1.29, 1.82) is 0 Å². The Bertz CT molecular complexity index is 404. The van der Waals surface area contributed by atoms with Gasteiger partial charge in [0.1, 0.15) is 0 Å². The zero-order valence-corrected chi connectivity index (χ0v) is 10.9. The minimum atomic E-state index is -0.500. The first-order chi connectivity index (χ1) is 8.51. The zero-order valence-electron chi connectivity index (χ0n) is 10.9. The Morgan fingerprint density at radius 2 is 1.67 bits per heavy atom. The van der Waals surface area contributed by atoms with Gasteiger partial charge in [-0.05, 0) is 19.2 Å². The fourth-order valence-corrected chi connectivity index (χ4v) is 2.88. The third kappa shape index (κ3) is 2.79. The maximum Gasteiger partial charge on any atom is 0.194 e. The average molecular weight is 249 g/mol. The van der Waals surface area contributed by atoms with Crippen molar-refractivity contribution >= 4 is 5.69 Å². The summed E-state index contributed by atoms with van der Waals surface area (Å²) in [6.45, 7) is 5.08. The van der Waals surface area contributed by atoms with Gasteiger partial charge < -0.3 is 9.80 Å². The van der Waals surface area contributed by atoms with E-state index in [-0.39, 0.29) is 0 Å². The Labute approximate surface area is 107 Å². The molecule has 0 N–H and O–H groups in total. The molecular formula is C13H19N3O2. The lowest BCUT2D eigenvalue weighted by Gasteiger charge is -2.60. The largest absolute Gasteiger partial charge is 0.370 e. The van der Waals surface area contributed by atoms with Crippen LogP contribution in [0.5, 0.6) is 0 Å². The number of para-hydroxylation sites is 1. The number of nitrogens with zero attached hydrogens (tertiary/aromatic N) is 3. The fraction of sp³-hybridized carbons (Fsp3) is 0.538. The standard InChI is InChI=1S/C12H16N2.CH3NO2/c1-13-7-12(8-13)9-14(10-12)11-5-3-2-4-6-11;1-2(3)4/h2-6H,7-10H2,1H3;1H3. The van der Waals surface area contributed by atoms with Crippen molar-refractivity contribution in [3.05, 3.63) is 40.4 Å². The number of hydrogen-bond acceptors (Lipinski definition) is 4. The second-order valence-corrected chi connectivity index (χ2v) is 5.30. The Morgan fingerprint density at radius 1 is 1.17 bits per heavy atom. The van der Waals surface area contributed by atoms with Crippen molar-refractivity contribution < 1.29 is 4.92 Å². The highest BCUT2D eigenvalue weighted by molar-refractivity contribution is 5.50. The van der Waals surface area contributed by atoms with Crippen molar-refractivity contribution in [2.45, 2.75) is 0 Å². The Balaban J connectivity index is 0.000000267. The molecule has 1 spiro atoms. The first-order valence-corrected chi connectivity index (χ1v) is 6.07. The molecule has 5 heteroatoms. The molecule has 0 saturated carbocycles. The Hall–Kier alpha value is -1.62. The van der Waals surface area contributed by atoms with Crippen molar-refractivity contribution in [3.8, 4) is 0 Å². The molecule has 0 amide bonds. The summed E-state index contributed by atoms with van der Waals surface area (Å²) in [6.07, 6.45) is 0. The normalized spacial score (nSPS) is 20.4. The van der Waals surface area contributed by atoms with Crippen molar-refractivity contribution in [2.75, 3.05) is 45.2 Å². The van der Waals surface area contributed by atoms with Crippen LogP contribution in [0.25, 0.3) is 0 Å². The lowest BCUT2D eigenvalue weighted by Crippen LogP contribution is -2.71. The molecule has 2 heterocycles. The minimum absolute atomic E-state index is 0.500. The number of likely N-dealkylation sites (tertiary alicyclic amines) is 1. The molecule has 98 valence electrons. The summed E-state index contributed by atoms with van der Waals surface area (Å²) < 4.78 is 0. The summed E-state index contributed by atoms with van der Waals surface area (Å²) in [5, 5.41) is 8.81. The van der Waals surface area contributed by atoms with Gasteiger partial charge in [-0.2, -0.15) is 0 Å². The second kappa shape index (κ2) is 4.94. The van der Waals surface area contributed by atoms with Crippen LogP contribution in [0, 0.1) is 15.5 Å². The predicted octanol–water partition coefficient (Wildman–Crippen LogP) is 1.33. The van der Waals surface area contributed by atoms with Gasteiger partial charge >= 0.3 is 0 Å². The molecule has 2 aliphatic rings. The van der Waals surface area contributed by atoms with E-state index in [9.17, 15) is 0 Å². The molecule has 2 aliphatic heterocycles. The summed E-state index contributed by atoms with van der Waals surface area (Å²) >= 11 is 0. The molecule has 0 bridgehead atoms. The summed E-state index contributed by atoms with van der Waals surface area (Å²) in [5.74, 6) is 0. The van der Waals surface area contributed by atoms with Crippen LogP contribution >= 0.6 is 0 Å². The van der Waals surface area contributed by atoms with E-state index in [1.54, 1.807) is 0 Å². The lowest BCUT2D eigenvalue weighted by atomic mass is 9.73. The highest BCUT2D eigenvalue weighted by atomic mass is 16.6. The quantitative estimate of drug-likeness (QED) is 0.556. The molecule has 0 radical (unpaired) electrons. The molecule has 5 nitrogen and oxygen atoms in total. The van der Waals surface area contributed by atoms with Crippen LogP contribution in [-0.4, -0.2) is 50.1 Å². The first kappa shape index (κ1) is 12.8. The lowest BCUT2D eigenvalue weighted by molar-refractivity contribution is -0.445. The monoisotopic (exact) mass is 249 g/mol. The van der Waals surface area contributed by atoms with Crippen LogP contribution in [0.15, 0.2) is 30.3 Å². The van der Waals surface area contributed by atoms with E-state index in [2.05, 4.69) is 47.2 Å².